The Hall–Kier alpha value is -2.70. The molecule has 1 saturated heterocycles. The van der Waals surface area contributed by atoms with E-state index < -0.39 is 23.5 Å². The van der Waals surface area contributed by atoms with Crippen molar-refractivity contribution in [3.8, 4) is 0 Å². The van der Waals surface area contributed by atoms with Crippen LogP contribution >= 0.6 is 0 Å². The quantitative estimate of drug-likeness (QED) is 0.794. The SMILES string of the molecule is Cc1c(C(=O)N2CC(=O)NC(=O)C2)oc2c(F)cccc12. The van der Waals surface area contributed by atoms with Crippen LogP contribution in [0.5, 0.6) is 0 Å². The topological polar surface area (TPSA) is 79.6 Å². The second-order valence-electron chi connectivity index (χ2n) is 4.81. The highest BCUT2D eigenvalue weighted by Gasteiger charge is 2.30. The molecule has 108 valence electrons. The van der Waals surface area contributed by atoms with E-state index in [9.17, 15) is 18.8 Å². The fourth-order valence-corrected chi connectivity index (χ4v) is 2.34. The van der Waals surface area contributed by atoms with Gasteiger partial charge in [0.25, 0.3) is 5.91 Å². The summed E-state index contributed by atoms with van der Waals surface area (Å²) in [6, 6.07) is 4.39. The molecule has 0 atom stereocenters. The van der Waals surface area contributed by atoms with Gasteiger partial charge >= 0.3 is 0 Å². The van der Waals surface area contributed by atoms with Crippen LogP contribution in [0.15, 0.2) is 22.6 Å². The zero-order chi connectivity index (χ0) is 15.1. The zero-order valence-corrected chi connectivity index (χ0v) is 11.1. The first-order chi connectivity index (χ1) is 9.97. The maximum Gasteiger partial charge on any atom is 0.290 e. The molecule has 3 amide bonds. The van der Waals surface area contributed by atoms with Gasteiger partial charge < -0.3 is 9.32 Å². The zero-order valence-electron chi connectivity index (χ0n) is 11.1. The fraction of sp³-hybridized carbons (Fsp3) is 0.214. The van der Waals surface area contributed by atoms with Gasteiger partial charge in [-0.05, 0) is 13.0 Å². The summed E-state index contributed by atoms with van der Waals surface area (Å²) in [7, 11) is 0. The number of amides is 3. The largest absolute Gasteiger partial charge is 0.448 e. The number of fused-ring (bicyclic) bond motifs is 1. The van der Waals surface area contributed by atoms with Crippen molar-refractivity contribution in [1.29, 1.82) is 0 Å². The minimum absolute atomic E-state index is 0.00821. The summed E-state index contributed by atoms with van der Waals surface area (Å²) in [6.07, 6.45) is 0. The van der Waals surface area contributed by atoms with E-state index in [1.54, 1.807) is 13.0 Å². The molecule has 21 heavy (non-hydrogen) atoms. The van der Waals surface area contributed by atoms with Gasteiger partial charge in [0.05, 0.1) is 0 Å². The summed E-state index contributed by atoms with van der Waals surface area (Å²) in [5, 5.41) is 2.60. The molecule has 1 aromatic heterocycles. The van der Waals surface area contributed by atoms with Gasteiger partial charge in [-0.1, -0.05) is 12.1 Å². The van der Waals surface area contributed by atoms with E-state index in [-0.39, 0.29) is 24.4 Å². The van der Waals surface area contributed by atoms with Gasteiger partial charge in [-0.3, -0.25) is 19.7 Å². The minimum atomic E-state index is -0.605. The van der Waals surface area contributed by atoms with E-state index in [1.165, 1.54) is 12.1 Å². The Morgan fingerprint density at radius 2 is 1.95 bits per heavy atom. The lowest BCUT2D eigenvalue weighted by molar-refractivity contribution is -0.135. The molecule has 1 aliphatic heterocycles. The number of hydrogen-bond acceptors (Lipinski definition) is 4. The lowest BCUT2D eigenvalue weighted by Crippen LogP contribution is -2.53. The van der Waals surface area contributed by atoms with Crippen LogP contribution in [0, 0.1) is 12.7 Å². The van der Waals surface area contributed by atoms with E-state index in [2.05, 4.69) is 5.32 Å². The van der Waals surface area contributed by atoms with Gasteiger partial charge in [-0.15, -0.1) is 0 Å². The summed E-state index contributed by atoms with van der Waals surface area (Å²) in [5.74, 6) is -2.34. The maximum absolute atomic E-state index is 13.7. The maximum atomic E-state index is 13.7. The number of benzene rings is 1. The van der Waals surface area contributed by atoms with Gasteiger partial charge in [0, 0.05) is 10.9 Å². The van der Waals surface area contributed by atoms with E-state index in [1.807, 2.05) is 0 Å². The predicted octanol–water partition coefficient (Wildman–Crippen LogP) is 0.979. The van der Waals surface area contributed by atoms with Crippen LogP contribution in [0.2, 0.25) is 0 Å². The summed E-state index contributed by atoms with van der Waals surface area (Å²) in [4.78, 5) is 36.1. The van der Waals surface area contributed by atoms with E-state index in [4.69, 9.17) is 4.42 Å². The number of rotatable bonds is 1. The van der Waals surface area contributed by atoms with Crippen LogP contribution < -0.4 is 5.32 Å². The van der Waals surface area contributed by atoms with Crippen LogP contribution in [0.25, 0.3) is 11.0 Å². The third-order valence-electron chi connectivity index (χ3n) is 3.34. The lowest BCUT2D eigenvalue weighted by Gasteiger charge is -2.24. The van der Waals surface area contributed by atoms with Crippen molar-refractivity contribution in [3.63, 3.8) is 0 Å². The third-order valence-corrected chi connectivity index (χ3v) is 3.34. The summed E-state index contributed by atoms with van der Waals surface area (Å²) in [6.45, 7) is 1.16. The van der Waals surface area contributed by atoms with Crippen LogP contribution in [0.3, 0.4) is 0 Å². The Balaban J connectivity index is 2.02. The van der Waals surface area contributed by atoms with Crippen molar-refractivity contribution in [2.45, 2.75) is 6.92 Å². The average Bonchev–Trinajstić information content (AvgIpc) is 2.76. The normalized spacial score (nSPS) is 15.4. The Bertz CT molecular complexity index is 765. The van der Waals surface area contributed by atoms with Crippen molar-refractivity contribution in [1.82, 2.24) is 10.2 Å². The first-order valence-corrected chi connectivity index (χ1v) is 6.27. The first kappa shape index (κ1) is 13.3. The van der Waals surface area contributed by atoms with E-state index in [0.717, 1.165) is 4.90 Å². The molecule has 1 aromatic carbocycles. The number of hydrogen-bond donors (Lipinski definition) is 1. The molecular formula is C14H11FN2O4. The second-order valence-corrected chi connectivity index (χ2v) is 4.81. The molecule has 0 saturated carbocycles. The molecular weight excluding hydrogens is 279 g/mol. The molecule has 7 heteroatoms. The predicted molar refractivity (Wildman–Crippen MR) is 70.0 cm³/mol. The van der Waals surface area contributed by atoms with Gasteiger partial charge in [0.15, 0.2) is 17.2 Å². The van der Waals surface area contributed by atoms with Gasteiger partial charge in [0.1, 0.15) is 13.1 Å². The number of carbonyl (C=O) groups is 3. The summed E-state index contributed by atoms with van der Waals surface area (Å²) in [5.41, 5.74) is 0.471. The lowest BCUT2D eigenvalue weighted by atomic mass is 10.1. The summed E-state index contributed by atoms with van der Waals surface area (Å²) < 4.78 is 19.0. The Labute approximate surface area is 118 Å². The molecule has 6 nitrogen and oxygen atoms in total. The standard InChI is InChI=1S/C14H11FN2O4/c1-7-8-3-2-4-9(15)13(8)21-12(7)14(20)17-5-10(18)16-11(19)6-17/h2-4H,5-6H2,1H3,(H,16,18,19). The van der Waals surface area contributed by atoms with Crippen molar-refractivity contribution < 1.29 is 23.2 Å². The van der Waals surface area contributed by atoms with Gasteiger partial charge in [-0.2, -0.15) is 0 Å². The van der Waals surface area contributed by atoms with Crippen molar-refractivity contribution in [2.75, 3.05) is 13.1 Å². The molecule has 1 fully saturated rings. The van der Waals surface area contributed by atoms with E-state index in [0.29, 0.717) is 10.9 Å². The number of furan rings is 1. The Morgan fingerprint density at radius 3 is 2.57 bits per heavy atom. The van der Waals surface area contributed by atoms with Gasteiger partial charge in [-0.25, -0.2) is 4.39 Å². The molecule has 0 unspecified atom stereocenters. The number of carbonyl (C=O) groups excluding carboxylic acids is 3. The van der Waals surface area contributed by atoms with Crippen LogP contribution in [0.4, 0.5) is 4.39 Å². The molecule has 0 aliphatic carbocycles. The number of nitrogens with one attached hydrogen (secondary N) is 1. The second kappa shape index (κ2) is 4.69. The molecule has 2 aromatic rings. The third kappa shape index (κ3) is 2.16. The Morgan fingerprint density at radius 1 is 1.29 bits per heavy atom. The Kier molecular flexibility index (Phi) is 2.97. The van der Waals surface area contributed by atoms with Crippen molar-refractivity contribution in [3.05, 3.63) is 35.3 Å². The highest BCUT2D eigenvalue weighted by atomic mass is 19.1. The number of aryl methyl sites for hydroxylation is 1. The van der Waals surface area contributed by atoms with Gasteiger partial charge in [0.2, 0.25) is 11.8 Å². The molecule has 0 spiro atoms. The van der Waals surface area contributed by atoms with Crippen LogP contribution in [-0.4, -0.2) is 35.7 Å². The number of piperazine rings is 1. The van der Waals surface area contributed by atoms with Crippen molar-refractivity contribution in [2.24, 2.45) is 0 Å². The molecule has 0 bridgehead atoms. The number of para-hydroxylation sites is 1. The molecule has 3 rings (SSSR count). The monoisotopic (exact) mass is 290 g/mol. The van der Waals surface area contributed by atoms with Crippen LogP contribution in [-0.2, 0) is 9.59 Å². The smallest absolute Gasteiger partial charge is 0.290 e. The molecule has 1 N–H and O–H groups in total. The van der Waals surface area contributed by atoms with E-state index >= 15 is 0 Å². The summed E-state index contributed by atoms with van der Waals surface area (Å²) >= 11 is 0. The highest BCUT2D eigenvalue weighted by molar-refractivity contribution is 6.06. The number of halogens is 1. The van der Waals surface area contributed by atoms with Crippen molar-refractivity contribution >= 4 is 28.7 Å². The minimum Gasteiger partial charge on any atom is -0.448 e. The molecule has 1 aliphatic rings. The first-order valence-electron chi connectivity index (χ1n) is 6.27. The average molecular weight is 290 g/mol. The number of imide groups is 1. The van der Waals surface area contributed by atoms with Crippen LogP contribution in [0.1, 0.15) is 16.1 Å². The highest BCUT2D eigenvalue weighted by Crippen LogP contribution is 2.28. The number of nitrogens with zero attached hydrogens (tertiary/aromatic N) is 1. The molecule has 2 heterocycles. The fourth-order valence-electron chi connectivity index (χ4n) is 2.34. The molecule has 0 radical (unpaired) electrons.